The van der Waals surface area contributed by atoms with Crippen LogP contribution in [0.25, 0.3) is 0 Å². The number of hydrogen-bond acceptors (Lipinski definition) is 12. The zero-order chi connectivity index (χ0) is 31.2. The summed E-state index contributed by atoms with van der Waals surface area (Å²) in [5.41, 5.74) is 3.19. The van der Waals surface area contributed by atoms with Crippen molar-refractivity contribution >= 4 is 38.1 Å². The summed E-state index contributed by atoms with van der Waals surface area (Å²) >= 11 is 0. The highest BCUT2D eigenvalue weighted by Crippen LogP contribution is 2.23. The van der Waals surface area contributed by atoms with Crippen molar-refractivity contribution in [3.8, 4) is 6.01 Å². The fourth-order valence-corrected chi connectivity index (χ4v) is 3.34. The molecular weight excluding hydrogens is 588 g/mol. The molecule has 1 fully saturated rings. The number of nitrogens with zero attached hydrogens (tertiary/aromatic N) is 6. The Morgan fingerprint density at radius 2 is 1.69 bits per heavy atom. The highest BCUT2D eigenvalue weighted by Gasteiger charge is 2.17. The molecule has 1 saturated heterocycles. The maximum Gasteiger partial charge on any atom is 0.320 e. The van der Waals surface area contributed by atoms with Crippen LogP contribution in [0.2, 0.25) is 0 Å². The molecule has 0 unspecified atom stereocenters. The fraction of sp³-hybridized carbons (Fsp3) is 0.385. The van der Waals surface area contributed by atoms with Crippen LogP contribution in [0, 0.1) is 6.92 Å². The molecule has 16 heteroatoms. The molecule has 0 bridgehead atoms. The first-order valence-electron chi connectivity index (χ1n) is 12.6. The van der Waals surface area contributed by atoms with Crippen molar-refractivity contribution in [3.05, 3.63) is 71.5 Å². The number of pyridine rings is 1. The predicted molar refractivity (Wildman–Crippen MR) is 161 cm³/mol. The number of hydrazone groups is 1. The molecule has 1 aliphatic heterocycles. The summed E-state index contributed by atoms with van der Waals surface area (Å²) in [6.45, 7) is 5.42. The van der Waals surface area contributed by atoms with Gasteiger partial charge in [0, 0.05) is 44.5 Å². The van der Waals surface area contributed by atoms with Crippen molar-refractivity contribution in [2.24, 2.45) is 5.10 Å². The molecule has 2 N–H and O–H groups in total. The topological polar surface area (TPSA) is 185 Å². The number of morpholine rings is 1. The number of aryl methyl sites for hydroxylation is 1. The van der Waals surface area contributed by atoms with E-state index in [2.05, 4.69) is 44.0 Å². The third-order valence-electron chi connectivity index (χ3n) is 5.08. The van der Waals surface area contributed by atoms with E-state index in [1.165, 1.54) is 5.56 Å². The quantitative estimate of drug-likeness (QED) is 0.211. The van der Waals surface area contributed by atoms with E-state index in [1.54, 1.807) is 11.2 Å². The van der Waals surface area contributed by atoms with Crippen LogP contribution in [0.15, 0.2) is 59.8 Å². The largest absolute Gasteiger partial charge is 0.463 e. The lowest BCUT2D eigenvalue weighted by Gasteiger charge is -2.28. The minimum Gasteiger partial charge on any atom is -0.463 e. The van der Waals surface area contributed by atoms with Gasteiger partial charge < -0.3 is 14.4 Å². The van der Waals surface area contributed by atoms with Crippen molar-refractivity contribution in [2.45, 2.75) is 13.3 Å². The number of hydrogen-bond donors (Lipinski definition) is 2. The summed E-state index contributed by atoms with van der Waals surface area (Å²) in [5.74, 6) is 1.47. The Morgan fingerprint density at radius 3 is 2.29 bits per heavy atom. The summed E-state index contributed by atoms with van der Waals surface area (Å²) < 4.78 is 63.1. The SMILES string of the molecule is CS(=O)(=O)O.CS(=O)(=O)O.Cc1cccc(/C=N/N(C)c2cc(N3CCOCC3)nc(OCCc3ccccn3)n2)c1. The molecule has 0 saturated carbocycles. The summed E-state index contributed by atoms with van der Waals surface area (Å²) in [5, 5.41) is 6.31. The van der Waals surface area contributed by atoms with Gasteiger partial charge in [0.05, 0.1) is 38.5 Å². The molecule has 4 rings (SSSR count). The zero-order valence-electron chi connectivity index (χ0n) is 23.9. The average molecular weight is 625 g/mol. The minimum absolute atomic E-state index is 0.331. The second-order valence-electron chi connectivity index (χ2n) is 9.03. The third kappa shape index (κ3) is 15.9. The van der Waals surface area contributed by atoms with Gasteiger partial charge in [0.1, 0.15) is 5.82 Å². The lowest BCUT2D eigenvalue weighted by Crippen LogP contribution is -2.37. The van der Waals surface area contributed by atoms with Crippen LogP contribution in [0.4, 0.5) is 11.6 Å². The highest BCUT2D eigenvalue weighted by atomic mass is 32.2. The molecule has 0 atom stereocenters. The number of benzene rings is 1. The minimum atomic E-state index is -3.67. The molecule has 230 valence electrons. The number of anilines is 2. The lowest BCUT2D eigenvalue weighted by atomic mass is 10.2. The van der Waals surface area contributed by atoms with E-state index in [9.17, 15) is 16.8 Å². The standard InChI is InChI=1S/C24H28N6O2.2CH4O3S/c1-19-6-5-7-20(16-19)18-26-29(2)22-17-23(30-11-14-31-15-12-30)28-24(27-22)32-13-9-21-8-3-4-10-25-21;2*1-5(2,3)4/h3-8,10,16-18H,9,11-15H2,1-2H3;2*1H3,(H,2,3,4)/b26-18+;;. The lowest BCUT2D eigenvalue weighted by molar-refractivity contribution is 0.122. The monoisotopic (exact) mass is 624 g/mol. The molecule has 2 aromatic heterocycles. The smallest absolute Gasteiger partial charge is 0.320 e. The van der Waals surface area contributed by atoms with E-state index in [0.29, 0.717) is 50.6 Å². The maximum absolute atomic E-state index is 9.19. The second-order valence-corrected chi connectivity index (χ2v) is 12.0. The van der Waals surface area contributed by atoms with E-state index >= 15 is 0 Å². The van der Waals surface area contributed by atoms with Gasteiger partial charge in [0.25, 0.3) is 20.2 Å². The molecule has 14 nitrogen and oxygen atoms in total. The maximum atomic E-state index is 9.19. The zero-order valence-corrected chi connectivity index (χ0v) is 25.5. The molecule has 3 aromatic rings. The van der Waals surface area contributed by atoms with Crippen LogP contribution in [-0.2, 0) is 31.4 Å². The van der Waals surface area contributed by atoms with Gasteiger partial charge in [-0.3, -0.25) is 19.1 Å². The van der Waals surface area contributed by atoms with E-state index in [1.807, 2.05) is 49.7 Å². The Bertz CT molecular complexity index is 1450. The van der Waals surface area contributed by atoms with Crippen molar-refractivity contribution in [1.29, 1.82) is 0 Å². The number of ether oxygens (including phenoxy) is 2. The Morgan fingerprint density at radius 1 is 1.02 bits per heavy atom. The van der Waals surface area contributed by atoms with Gasteiger partial charge in [-0.25, -0.2) is 0 Å². The van der Waals surface area contributed by atoms with Gasteiger partial charge in [-0.05, 0) is 24.6 Å². The second kappa shape index (κ2) is 16.7. The number of rotatable bonds is 8. The van der Waals surface area contributed by atoms with Crippen molar-refractivity contribution in [1.82, 2.24) is 15.0 Å². The molecule has 0 spiro atoms. The van der Waals surface area contributed by atoms with E-state index < -0.39 is 20.2 Å². The normalized spacial score (nSPS) is 13.4. The van der Waals surface area contributed by atoms with E-state index in [-0.39, 0.29) is 0 Å². The van der Waals surface area contributed by atoms with Crippen molar-refractivity contribution < 1.29 is 35.4 Å². The van der Waals surface area contributed by atoms with Gasteiger partial charge >= 0.3 is 6.01 Å². The summed E-state index contributed by atoms with van der Waals surface area (Å²) in [7, 11) is -5.46. The van der Waals surface area contributed by atoms with Crippen molar-refractivity contribution in [2.75, 3.05) is 62.4 Å². The van der Waals surface area contributed by atoms with Crippen molar-refractivity contribution in [3.63, 3.8) is 0 Å². The molecule has 0 amide bonds. The van der Waals surface area contributed by atoms with E-state index in [0.717, 1.165) is 30.2 Å². The van der Waals surface area contributed by atoms with Crippen LogP contribution in [0.3, 0.4) is 0 Å². The van der Waals surface area contributed by atoms with Crippen LogP contribution >= 0.6 is 0 Å². The fourth-order valence-electron chi connectivity index (χ4n) is 3.34. The first kappa shape index (κ1) is 34.5. The molecular formula is C26H36N6O8S2. The first-order valence-corrected chi connectivity index (χ1v) is 16.3. The Balaban J connectivity index is 0.000000533. The Labute approximate surface area is 246 Å². The van der Waals surface area contributed by atoms with Gasteiger partial charge in [0.15, 0.2) is 5.82 Å². The predicted octanol–water partition coefficient (Wildman–Crippen LogP) is 2.12. The van der Waals surface area contributed by atoms with Crippen LogP contribution in [-0.4, -0.2) is 99.6 Å². The van der Waals surface area contributed by atoms with Crippen LogP contribution in [0.5, 0.6) is 6.01 Å². The molecule has 0 aliphatic carbocycles. The Hall–Kier alpha value is -3.70. The summed E-state index contributed by atoms with van der Waals surface area (Å²) in [6, 6.07) is 16.3. The van der Waals surface area contributed by atoms with Crippen LogP contribution in [0.1, 0.15) is 16.8 Å². The van der Waals surface area contributed by atoms with Gasteiger partial charge in [-0.2, -0.15) is 31.9 Å². The Kier molecular flexibility index (Phi) is 13.7. The third-order valence-corrected chi connectivity index (χ3v) is 5.08. The molecule has 42 heavy (non-hydrogen) atoms. The molecule has 1 aromatic carbocycles. The molecule has 1 aliphatic rings. The van der Waals surface area contributed by atoms with Gasteiger partial charge in [-0.1, -0.05) is 35.9 Å². The molecule has 3 heterocycles. The van der Waals surface area contributed by atoms with Crippen LogP contribution < -0.4 is 14.6 Å². The average Bonchev–Trinajstić information content (AvgIpc) is 2.91. The summed E-state index contributed by atoms with van der Waals surface area (Å²) in [4.78, 5) is 15.7. The highest BCUT2D eigenvalue weighted by molar-refractivity contribution is 7.85. The summed E-state index contributed by atoms with van der Waals surface area (Å²) in [6.07, 6.45) is 5.72. The van der Waals surface area contributed by atoms with E-state index in [4.69, 9.17) is 18.6 Å². The van der Waals surface area contributed by atoms with Gasteiger partial charge in [0.2, 0.25) is 0 Å². The van der Waals surface area contributed by atoms with Gasteiger partial charge in [-0.15, -0.1) is 0 Å². The molecule has 0 radical (unpaired) electrons. The first-order chi connectivity index (χ1) is 19.7. The number of aromatic nitrogens is 3.